The van der Waals surface area contributed by atoms with Crippen molar-refractivity contribution in [1.29, 1.82) is 0 Å². The van der Waals surface area contributed by atoms with E-state index in [1.807, 2.05) is 0 Å². The molecule has 0 spiro atoms. The third-order valence-electron chi connectivity index (χ3n) is 3.64. The van der Waals surface area contributed by atoms with Gasteiger partial charge >= 0.3 is 0 Å². The summed E-state index contributed by atoms with van der Waals surface area (Å²) in [4.78, 5) is 9.71. The Labute approximate surface area is 115 Å². The van der Waals surface area contributed by atoms with Crippen LogP contribution in [0.5, 0.6) is 0 Å². The summed E-state index contributed by atoms with van der Waals surface area (Å²) < 4.78 is 27.6. The minimum absolute atomic E-state index is 0.175. The molecule has 0 aliphatic heterocycles. The summed E-state index contributed by atoms with van der Waals surface area (Å²) >= 11 is 0. The molecule has 0 aromatic heterocycles. The van der Waals surface area contributed by atoms with E-state index in [0.717, 1.165) is 32.1 Å². The zero-order valence-corrected chi connectivity index (χ0v) is 10.9. The van der Waals surface area contributed by atoms with Crippen LogP contribution < -0.4 is 11.1 Å². The van der Waals surface area contributed by atoms with Crippen molar-refractivity contribution in [2.75, 3.05) is 5.32 Å². The van der Waals surface area contributed by atoms with Crippen molar-refractivity contribution in [3.8, 4) is 0 Å². The lowest BCUT2D eigenvalue weighted by Gasteiger charge is -2.24. The number of rotatable bonds is 3. The van der Waals surface area contributed by atoms with Crippen molar-refractivity contribution in [3.63, 3.8) is 0 Å². The number of nitrogens with two attached hydrogens (primary N) is 1. The number of nitro groups is 1. The Morgan fingerprint density at radius 3 is 2.40 bits per heavy atom. The molecule has 2 atom stereocenters. The maximum atomic E-state index is 13.8. The molecule has 1 aliphatic rings. The molecule has 1 saturated carbocycles. The molecule has 1 aliphatic carbocycles. The highest BCUT2D eigenvalue weighted by molar-refractivity contribution is 5.52. The van der Waals surface area contributed by atoms with Gasteiger partial charge in [-0.25, -0.2) is 8.78 Å². The monoisotopic (exact) mass is 285 g/mol. The lowest BCUT2D eigenvalue weighted by Crippen LogP contribution is -2.39. The van der Waals surface area contributed by atoms with Crippen LogP contribution in [0.2, 0.25) is 0 Å². The summed E-state index contributed by atoms with van der Waals surface area (Å²) in [6.07, 6.45) is 4.54. The average Bonchev–Trinajstić information content (AvgIpc) is 2.58. The fourth-order valence-electron chi connectivity index (χ4n) is 2.50. The van der Waals surface area contributed by atoms with Crippen LogP contribution in [0, 0.1) is 21.7 Å². The SMILES string of the molecule is NC1CCCCCC1Nc1c(F)cc([N+](=O)[O-])cc1F. The topological polar surface area (TPSA) is 81.2 Å². The average molecular weight is 285 g/mol. The molecule has 0 amide bonds. The molecule has 1 fully saturated rings. The number of halogens is 2. The third-order valence-corrected chi connectivity index (χ3v) is 3.64. The lowest BCUT2D eigenvalue weighted by molar-refractivity contribution is -0.385. The Balaban J connectivity index is 2.22. The maximum absolute atomic E-state index is 13.8. The molecule has 1 aromatic rings. The Morgan fingerprint density at radius 2 is 1.80 bits per heavy atom. The molecule has 0 bridgehead atoms. The second-order valence-electron chi connectivity index (χ2n) is 5.09. The second kappa shape index (κ2) is 6.13. The minimum Gasteiger partial charge on any atom is -0.376 e. The Kier molecular flexibility index (Phi) is 4.49. The van der Waals surface area contributed by atoms with E-state index in [0.29, 0.717) is 12.1 Å². The molecule has 1 aromatic carbocycles. The first kappa shape index (κ1) is 14.6. The van der Waals surface area contributed by atoms with Crippen molar-refractivity contribution in [3.05, 3.63) is 33.9 Å². The second-order valence-corrected chi connectivity index (χ2v) is 5.09. The van der Waals surface area contributed by atoms with E-state index in [1.54, 1.807) is 0 Å². The van der Waals surface area contributed by atoms with Gasteiger partial charge in [-0.3, -0.25) is 10.1 Å². The standard InChI is InChI=1S/C13H17F2N3O2/c14-9-6-8(18(19)20)7-10(15)13(9)17-12-5-3-1-2-4-11(12)16/h6-7,11-12,17H,1-5,16H2. The van der Waals surface area contributed by atoms with Crippen LogP contribution in [0.15, 0.2) is 12.1 Å². The number of benzene rings is 1. The maximum Gasteiger partial charge on any atom is 0.275 e. The van der Waals surface area contributed by atoms with Crippen LogP contribution in [0.25, 0.3) is 0 Å². The Morgan fingerprint density at radius 1 is 1.20 bits per heavy atom. The summed E-state index contributed by atoms with van der Waals surface area (Å²) in [6, 6.07) is 1.04. The summed E-state index contributed by atoms with van der Waals surface area (Å²) in [6.45, 7) is 0. The van der Waals surface area contributed by atoms with Gasteiger partial charge in [-0.2, -0.15) is 0 Å². The van der Waals surface area contributed by atoms with E-state index in [1.165, 1.54) is 0 Å². The highest BCUT2D eigenvalue weighted by Gasteiger charge is 2.24. The van der Waals surface area contributed by atoms with Crippen LogP contribution in [-0.2, 0) is 0 Å². The number of non-ortho nitro benzene ring substituents is 1. The number of nitrogens with one attached hydrogen (secondary N) is 1. The van der Waals surface area contributed by atoms with Crippen LogP contribution in [0.1, 0.15) is 32.1 Å². The zero-order valence-electron chi connectivity index (χ0n) is 10.9. The van der Waals surface area contributed by atoms with Crippen molar-refractivity contribution < 1.29 is 13.7 Å². The predicted octanol–water partition coefficient (Wildman–Crippen LogP) is 2.94. The normalized spacial score (nSPS) is 23.1. The van der Waals surface area contributed by atoms with Crippen LogP contribution >= 0.6 is 0 Å². The molecule has 0 heterocycles. The fraction of sp³-hybridized carbons (Fsp3) is 0.538. The molecule has 20 heavy (non-hydrogen) atoms. The minimum atomic E-state index is -0.965. The fourth-order valence-corrected chi connectivity index (χ4v) is 2.50. The first-order chi connectivity index (χ1) is 9.49. The van der Waals surface area contributed by atoms with E-state index in [2.05, 4.69) is 5.32 Å². The van der Waals surface area contributed by atoms with Gasteiger partial charge in [0.25, 0.3) is 5.69 Å². The Bertz CT molecular complexity index is 487. The highest BCUT2D eigenvalue weighted by Crippen LogP contribution is 2.27. The van der Waals surface area contributed by atoms with Gasteiger partial charge in [0.05, 0.1) is 17.1 Å². The van der Waals surface area contributed by atoms with Crippen molar-refractivity contribution in [1.82, 2.24) is 0 Å². The molecule has 2 unspecified atom stereocenters. The van der Waals surface area contributed by atoms with Gasteiger partial charge < -0.3 is 11.1 Å². The largest absolute Gasteiger partial charge is 0.376 e. The predicted molar refractivity (Wildman–Crippen MR) is 71.5 cm³/mol. The molecule has 7 heteroatoms. The third kappa shape index (κ3) is 3.22. The molecule has 0 saturated heterocycles. The van der Waals surface area contributed by atoms with Crippen molar-refractivity contribution >= 4 is 11.4 Å². The van der Waals surface area contributed by atoms with Gasteiger partial charge in [0.1, 0.15) is 5.69 Å². The number of nitro benzene ring substituents is 1. The summed E-state index contributed by atoms with van der Waals surface area (Å²) in [5.41, 5.74) is 5.05. The van der Waals surface area contributed by atoms with Gasteiger partial charge in [-0.05, 0) is 12.8 Å². The quantitative estimate of drug-likeness (QED) is 0.508. The summed E-state index contributed by atoms with van der Waals surface area (Å²) in [5.74, 6) is -1.93. The lowest BCUT2D eigenvalue weighted by atomic mass is 10.0. The number of hydrogen-bond donors (Lipinski definition) is 2. The van der Waals surface area contributed by atoms with E-state index < -0.39 is 22.2 Å². The number of anilines is 1. The van der Waals surface area contributed by atoms with Gasteiger partial charge in [0, 0.05) is 12.1 Å². The van der Waals surface area contributed by atoms with Crippen molar-refractivity contribution in [2.45, 2.75) is 44.2 Å². The molecule has 110 valence electrons. The number of nitrogens with zero attached hydrogens (tertiary/aromatic N) is 1. The molecule has 3 N–H and O–H groups in total. The number of hydrogen-bond acceptors (Lipinski definition) is 4. The van der Waals surface area contributed by atoms with Crippen molar-refractivity contribution in [2.24, 2.45) is 5.73 Å². The smallest absolute Gasteiger partial charge is 0.275 e. The van der Waals surface area contributed by atoms with Crippen LogP contribution in [0.3, 0.4) is 0 Å². The first-order valence-electron chi connectivity index (χ1n) is 6.64. The van der Waals surface area contributed by atoms with Crippen LogP contribution in [0.4, 0.5) is 20.2 Å². The van der Waals surface area contributed by atoms with E-state index in [4.69, 9.17) is 5.73 Å². The highest BCUT2D eigenvalue weighted by atomic mass is 19.1. The molecular formula is C13H17F2N3O2. The Hall–Kier alpha value is -1.76. The van der Waals surface area contributed by atoms with Gasteiger partial charge in [0.2, 0.25) is 0 Å². The van der Waals surface area contributed by atoms with E-state index in [-0.39, 0.29) is 17.8 Å². The molecular weight excluding hydrogens is 268 g/mol. The van der Waals surface area contributed by atoms with E-state index >= 15 is 0 Å². The summed E-state index contributed by atoms with van der Waals surface area (Å²) in [5, 5.41) is 13.3. The van der Waals surface area contributed by atoms with Gasteiger partial charge in [0.15, 0.2) is 11.6 Å². The van der Waals surface area contributed by atoms with Gasteiger partial charge in [-0.15, -0.1) is 0 Å². The summed E-state index contributed by atoms with van der Waals surface area (Å²) in [7, 11) is 0. The van der Waals surface area contributed by atoms with E-state index in [9.17, 15) is 18.9 Å². The zero-order chi connectivity index (χ0) is 14.7. The molecule has 0 radical (unpaired) electrons. The first-order valence-corrected chi connectivity index (χ1v) is 6.64. The van der Waals surface area contributed by atoms with Gasteiger partial charge in [-0.1, -0.05) is 19.3 Å². The molecule has 5 nitrogen and oxygen atoms in total. The van der Waals surface area contributed by atoms with Crippen LogP contribution in [-0.4, -0.2) is 17.0 Å². The molecule has 2 rings (SSSR count).